The molecule has 2 aliphatic carbocycles. The largest absolute Gasteiger partial charge is 0.354 e. The van der Waals surface area contributed by atoms with Crippen molar-refractivity contribution in [1.82, 2.24) is 20.8 Å². The lowest BCUT2D eigenvalue weighted by atomic mass is 10.1. The molecule has 2 N–H and O–H groups in total. The molecule has 0 spiro atoms. The number of carbonyl (C=O) groups is 1. The van der Waals surface area contributed by atoms with Crippen LogP contribution in [0.4, 0.5) is 5.82 Å². The lowest BCUT2D eigenvalue weighted by Gasteiger charge is -2.33. The molecule has 25 heavy (non-hydrogen) atoms. The Morgan fingerprint density at radius 2 is 1.96 bits per heavy atom. The van der Waals surface area contributed by atoms with E-state index in [1.807, 2.05) is 19.1 Å². The van der Waals surface area contributed by atoms with Crippen LogP contribution in [0.1, 0.15) is 44.2 Å². The average Bonchev–Trinajstić information content (AvgIpc) is 3.52. The van der Waals surface area contributed by atoms with Crippen LogP contribution in [0.3, 0.4) is 0 Å². The molecule has 3 fully saturated rings. The summed E-state index contributed by atoms with van der Waals surface area (Å²) in [6, 6.07) is 4.82. The number of carbonyl (C=O) groups excluding carboxylic acids is 1. The minimum atomic E-state index is 0.163. The minimum Gasteiger partial charge on any atom is -0.354 e. The van der Waals surface area contributed by atoms with Crippen LogP contribution in [0.25, 0.3) is 0 Å². The van der Waals surface area contributed by atoms with Crippen LogP contribution in [-0.4, -0.2) is 47.8 Å². The Bertz CT molecular complexity index is 584. The van der Waals surface area contributed by atoms with Crippen molar-refractivity contribution in [1.29, 1.82) is 0 Å². The molecule has 1 atom stereocenters. The van der Waals surface area contributed by atoms with Crippen LogP contribution in [0.15, 0.2) is 12.1 Å². The van der Waals surface area contributed by atoms with Gasteiger partial charge in [0.1, 0.15) is 0 Å². The third-order valence-corrected chi connectivity index (χ3v) is 5.67. The number of rotatable bonds is 7. The summed E-state index contributed by atoms with van der Waals surface area (Å²) < 4.78 is 0. The molecule has 136 valence electrons. The van der Waals surface area contributed by atoms with Gasteiger partial charge in [0.15, 0.2) is 5.82 Å². The summed E-state index contributed by atoms with van der Waals surface area (Å²) >= 11 is 0. The van der Waals surface area contributed by atoms with Crippen molar-refractivity contribution in [2.75, 3.05) is 24.5 Å². The van der Waals surface area contributed by atoms with E-state index in [0.29, 0.717) is 18.6 Å². The fourth-order valence-corrected chi connectivity index (χ4v) is 3.92. The highest BCUT2D eigenvalue weighted by molar-refractivity contribution is 5.78. The number of aryl methyl sites for hydroxylation is 1. The predicted molar refractivity (Wildman–Crippen MR) is 97.4 cm³/mol. The standard InChI is InChI=1S/C19H29N5O/c1-13-4-9-17(23-22-13)24-10-2-3-16(12-24)20-11-18(25)21-19(14-5-6-14)15-7-8-15/h4,9,14-16,19-20H,2-3,5-8,10-12H2,1H3,(H,21,25)/t16-/m0/s1. The van der Waals surface area contributed by atoms with Gasteiger partial charge in [-0.05, 0) is 69.4 Å². The highest BCUT2D eigenvalue weighted by atomic mass is 16.2. The van der Waals surface area contributed by atoms with Crippen LogP contribution in [-0.2, 0) is 4.79 Å². The van der Waals surface area contributed by atoms with E-state index in [1.165, 1.54) is 25.7 Å². The van der Waals surface area contributed by atoms with Crippen LogP contribution < -0.4 is 15.5 Å². The maximum absolute atomic E-state index is 12.3. The van der Waals surface area contributed by atoms with Crippen LogP contribution in [0.5, 0.6) is 0 Å². The first-order chi connectivity index (χ1) is 12.2. The van der Waals surface area contributed by atoms with Gasteiger partial charge in [-0.3, -0.25) is 4.79 Å². The first-order valence-electron chi connectivity index (χ1n) is 9.77. The van der Waals surface area contributed by atoms with Crippen molar-refractivity contribution in [3.05, 3.63) is 17.8 Å². The van der Waals surface area contributed by atoms with E-state index in [9.17, 15) is 4.79 Å². The van der Waals surface area contributed by atoms with Crippen molar-refractivity contribution >= 4 is 11.7 Å². The van der Waals surface area contributed by atoms with Gasteiger partial charge in [-0.1, -0.05) is 0 Å². The minimum absolute atomic E-state index is 0.163. The van der Waals surface area contributed by atoms with Gasteiger partial charge in [-0.25, -0.2) is 0 Å². The van der Waals surface area contributed by atoms with Crippen molar-refractivity contribution in [2.24, 2.45) is 11.8 Å². The Kier molecular flexibility index (Phi) is 4.88. The summed E-state index contributed by atoms with van der Waals surface area (Å²) in [4.78, 5) is 14.6. The van der Waals surface area contributed by atoms with Gasteiger partial charge < -0.3 is 15.5 Å². The number of piperidine rings is 1. The highest BCUT2D eigenvalue weighted by Crippen LogP contribution is 2.44. The summed E-state index contributed by atoms with van der Waals surface area (Å²) in [5, 5.41) is 15.2. The molecule has 1 saturated heterocycles. The fourth-order valence-electron chi connectivity index (χ4n) is 3.92. The molecule has 1 aromatic heterocycles. The highest BCUT2D eigenvalue weighted by Gasteiger charge is 2.42. The van der Waals surface area contributed by atoms with Gasteiger partial charge in [0, 0.05) is 25.2 Å². The number of amides is 1. The summed E-state index contributed by atoms with van der Waals surface area (Å²) in [5.74, 6) is 2.60. The first kappa shape index (κ1) is 16.8. The second kappa shape index (κ2) is 7.28. The maximum Gasteiger partial charge on any atom is 0.234 e. The lowest BCUT2D eigenvalue weighted by Crippen LogP contribution is -2.50. The van der Waals surface area contributed by atoms with E-state index in [4.69, 9.17) is 0 Å². The number of aromatic nitrogens is 2. The van der Waals surface area contributed by atoms with Gasteiger partial charge in [0.05, 0.1) is 12.2 Å². The van der Waals surface area contributed by atoms with E-state index >= 15 is 0 Å². The monoisotopic (exact) mass is 343 g/mol. The zero-order valence-corrected chi connectivity index (χ0v) is 15.1. The third kappa shape index (κ3) is 4.48. The van der Waals surface area contributed by atoms with E-state index in [1.54, 1.807) is 0 Å². The van der Waals surface area contributed by atoms with E-state index in [-0.39, 0.29) is 5.91 Å². The molecule has 4 rings (SSSR count). The molecule has 1 amide bonds. The number of nitrogens with one attached hydrogen (secondary N) is 2. The number of anilines is 1. The Hall–Kier alpha value is -1.69. The maximum atomic E-state index is 12.3. The lowest BCUT2D eigenvalue weighted by molar-refractivity contribution is -0.121. The van der Waals surface area contributed by atoms with Crippen LogP contribution >= 0.6 is 0 Å². The van der Waals surface area contributed by atoms with Crippen LogP contribution in [0, 0.1) is 18.8 Å². The topological polar surface area (TPSA) is 70.2 Å². The molecule has 6 nitrogen and oxygen atoms in total. The normalized spacial score (nSPS) is 23.8. The molecule has 0 radical (unpaired) electrons. The second-order valence-electron chi connectivity index (χ2n) is 7.97. The molecule has 1 aromatic rings. The van der Waals surface area contributed by atoms with Gasteiger partial charge in [-0.2, -0.15) is 5.10 Å². The number of nitrogens with zero attached hydrogens (tertiary/aromatic N) is 3. The second-order valence-corrected chi connectivity index (χ2v) is 7.97. The van der Waals surface area contributed by atoms with Crippen molar-refractivity contribution in [2.45, 2.75) is 57.5 Å². The van der Waals surface area contributed by atoms with E-state index in [0.717, 1.165) is 49.3 Å². The van der Waals surface area contributed by atoms with Gasteiger partial charge >= 0.3 is 0 Å². The molecule has 0 bridgehead atoms. The van der Waals surface area contributed by atoms with Gasteiger partial charge in [-0.15, -0.1) is 5.10 Å². The summed E-state index contributed by atoms with van der Waals surface area (Å²) in [6.45, 7) is 4.27. The van der Waals surface area contributed by atoms with Gasteiger partial charge in [0.2, 0.25) is 5.91 Å². The third-order valence-electron chi connectivity index (χ3n) is 5.67. The van der Waals surface area contributed by atoms with Crippen LogP contribution in [0.2, 0.25) is 0 Å². The molecule has 2 saturated carbocycles. The molecule has 0 aromatic carbocycles. The van der Waals surface area contributed by atoms with Crippen molar-refractivity contribution in [3.8, 4) is 0 Å². The summed E-state index contributed by atoms with van der Waals surface area (Å²) in [7, 11) is 0. The van der Waals surface area contributed by atoms with Crippen molar-refractivity contribution in [3.63, 3.8) is 0 Å². The zero-order valence-electron chi connectivity index (χ0n) is 15.1. The van der Waals surface area contributed by atoms with Gasteiger partial charge in [0.25, 0.3) is 0 Å². The predicted octanol–water partition coefficient (Wildman–Crippen LogP) is 1.65. The summed E-state index contributed by atoms with van der Waals surface area (Å²) in [6.07, 6.45) is 7.40. The zero-order chi connectivity index (χ0) is 17.2. The quantitative estimate of drug-likeness (QED) is 0.788. The Labute approximate surface area is 149 Å². The smallest absolute Gasteiger partial charge is 0.234 e. The molecule has 3 aliphatic rings. The summed E-state index contributed by atoms with van der Waals surface area (Å²) in [5.41, 5.74) is 0.938. The molecule has 1 aliphatic heterocycles. The van der Waals surface area contributed by atoms with E-state index < -0.39 is 0 Å². The average molecular weight is 343 g/mol. The Balaban J connectivity index is 1.24. The molecule has 2 heterocycles. The SMILES string of the molecule is Cc1ccc(N2CCC[C@H](NCC(=O)NC(C3CC3)C3CC3)C2)nn1. The number of hydrogen-bond donors (Lipinski definition) is 2. The first-order valence-corrected chi connectivity index (χ1v) is 9.77. The fraction of sp³-hybridized carbons (Fsp3) is 0.737. The van der Waals surface area contributed by atoms with Crippen molar-refractivity contribution < 1.29 is 4.79 Å². The molecular weight excluding hydrogens is 314 g/mol. The Morgan fingerprint density at radius 3 is 2.60 bits per heavy atom. The molecular formula is C19H29N5O. The Morgan fingerprint density at radius 1 is 1.20 bits per heavy atom. The molecule has 6 heteroatoms. The molecule has 0 unspecified atom stereocenters. The number of hydrogen-bond acceptors (Lipinski definition) is 5. The van der Waals surface area contributed by atoms with E-state index in [2.05, 4.69) is 25.7 Å².